The molecule has 0 aromatic heterocycles. The third-order valence-electron chi connectivity index (χ3n) is 3.61. The Morgan fingerprint density at radius 3 is 2.89 bits per heavy atom. The molecule has 0 spiro atoms. The number of carbonyl (C=O) groups is 1. The lowest BCUT2D eigenvalue weighted by molar-refractivity contribution is -0.136. The molecule has 18 heavy (non-hydrogen) atoms. The van der Waals surface area contributed by atoms with Gasteiger partial charge in [-0.25, -0.2) is 4.39 Å². The van der Waals surface area contributed by atoms with E-state index in [1.165, 1.54) is 6.07 Å². The number of nitrogens with one attached hydrogen (secondary N) is 1. The fourth-order valence-electron chi connectivity index (χ4n) is 2.63. The van der Waals surface area contributed by atoms with Crippen LogP contribution >= 0.6 is 15.9 Å². The lowest BCUT2D eigenvalue weighted by atomic mass is 9.84. The summed E-state index contributed by atoms with van der Waals surface area (Å²) in [7, 11) is 0. The van der Waals surface area contributed by atoms with Gasteiger partial charge in [-0.3, -0.25) is 4.79 Å². The van der Waals surface area contributed by atoms with Crippen molar-refractivity contribution in [1.29, 1.82) is 0 Å². The molecule has 1 aromatic rings. The number of carbonyl (C=O) groups excluding carboxylic acids is 1. The summed E-state index contributed by atoms with van der Waals surface area (Å²) in [4.78, 5) is 11.6. The maximum Gasteiger partial charge on any atom is 0.246 e. The quantitative estimate of drug-likeness (QED) is 0.910. The minimum absolute atomic E-state index is 0.0596. The van der Waals surface area contributed by atoms with Crippen molar-refractivity contribution in [2.45, 2.75) is 18.4 Å². The first-order valence-electron chi connectivity index (χ1n) is 5.96. The predicted molar refractivity (Wildman–Crippen MR) is 67.5 cm³/mol. The zero-order chi connectivity index (χ0) is 12.8. The number of morpholine rings is 1. The van der Waals surface area contributed by atoms with E-state index in [0.717, 1.165) is 17.3 Å². The van der Waals surface area contributed by atoms with Gasteiger partial charge in [0.2, 0.25) is 5.91 Å². The monoisotopic (exact) mass is 313 g/mol. The summed E-state index contributed by atoms with van der Waals surface area (Å²) in [6.45, 7) is 0.404. The van der Waals surface area contributed by atoms with Gasteiger partial charge < -0.3 is 10.1 Å². The van der Waals surface area contributed by atoms with Gasteiger partial charge in [-0.05, 0) is 37.0 Å². The SMILES string of the molecule is O=C1COC[C@](c2cc(Br)ccc2F)(C2CC2)N1. The molecule has 1 amide bonds. The highest BCUT2D eigenvalue weighted by Gasteiger charge is 2.50. The Morgan fingerprint density at radius 2 is 2.22 bits per heavy atom. The van der Waals surface area contributed by atoms with Crippen molar-refractivity contribution >= 4 is 21.8 Å². The topological polar surface area (TPSA) is 38.3 Å². The molecular formula is C13H13BrFNO2. The van der Waals surface area contributed by atoms with Gasteiger partial charge in [-0.15, -0.1) is 0 Å². The summed E-state index contributed by atoms with van der Waals surface area (Å²) >= 11 is 3.35. The molecule has 0 bridgehead atoms. The van der Waals surface area contributed by atoms with Crippen LogP contribution in [0.5, 0.6) is 0 Å². The number of ether oxygens (including phenoxy) is 1. The van der Waals surface area contributed by atoms with Crippen LogP contribution in [0.3, 0.4) is 0 Å². The van der Waals surface area contributed by atoms with Crippen molar-refractivity contribution in [2.75, 3.05) is 13.2 Å². The number of halogens is 2. The first kappa shape index (κ1) is 12.1. The van der Waals surface area contributed by atoms with Crippen LogP contribution in [0.4, 0.5) is 4.39 Å². The molecule has 0 radical (unpaired) electrons. The highest BCUT2D eigenvalue weighted by Crippen LogP contribution is 2.47. The third-order valence-corrected chi connectivity index (χ3v) is 4.10. The van der Waals surface area contributed by atoms with E-state index < -0.39 is 5.54 Å². The van der Waals surface area contributed by atoms with Crippen molar-refractivity contribution in [3.63, 3.8) is 0 Å². The van der Waals surface area contributed by atoms with Crippen LogP contribution in [0, 0.1) is 11.7 Å². The zero-order valence-electron chi connectivity index (χ0n) is 9.71. The number of benzene rings is 1. The first-order chi connectivity index (χ1) is 8.62. The van der Waals surface area contributed by atoms with E-state index in [1.54, 1.807) is 12.1 Å². The third kappa shape index (κ3) is 1.95. The summed E-state index contributed by atoms with van der Waals surface area (Å²) in [6.07, 6.45) is 1.99. The second-order valence-electron chi connectivity index (χ2n) is 4.91. The van der Waals surface area contributed by atoms with Crippen LogP contribution in [0.2, 0.25) is 0 Å². The maximum absolute atomic E-state index is 14.1. The second kappa shape index (κ2) is 4.31. The molecule has 2 fully saturated rings. The zero-order valence-corrected chi connectivity index (χ0v) is 11.3. The van der Waals surface area contributed by atoms with E-state index in [2.05, 4.69) is 21.2 Å². The van der Waals surface area contributed by atoms with Gasteiger partial charge in [0.1, 0.15) is 12.4 Å². The molecule has 1 saturated carbocycles. The normalized spacial score (nSPS) is 28.0. The van der Waals surface area contributed by atoms with Crippen molar-refractivity contribution in [3.8, 4) is 0 Å². The predicted octanol–water partition coefficient (Wildman–Crippen LogP) is 2.34. The molecule has 1 heterocycles. The largest absolute Gasteiger partial charge is 0.369 e. The minimum Gasteiger partial charge on any atom is -0.369 e. The van der Waals surface area contributed by atoms with Crippen LogP contribution in [0.15, 0.2) is 22.7 Å². The Balaban J connectivity index is 2.08. The molecule has 1 aliphatic carbocycles. The van der Waals surface area contributed by atoms with E-state index in [0.29, 0.717) is 12.2 Å². The average molecular weight is 314 g/mol. The summed E-state index contributed by atoms with van der Waals surface area (Å²) in [5, 5.41) is 2.95. The summed E-state index contributed by atoms with van der Waals surface area (Å²) in [5.74, 6) is -0.200. The molecule has 1 N–H and O–H groups in total. The molecule has 0 unspecified atom stereocenters. The average Bonchev–Trinajstić information content (AvgIpc) is 3.16. The summed E-state index contributed by atoms with van der Waals surface area (Å²) < 4.78 is 20.2. The van der Waals surface area contributed by atoms with Gasteiger partial charge in [-0.2, -0.15) is 0 Å². The number of rotatable bonds is 2. The lowest BCUT2D eigenvalue weighted by Crippen LogP contribution is -2.56. The van der Waals surface area contributed by atoms with Crippen molar-refractivity contribution < 1.29 is 13.9 Å². The van der Waals surface area contributed by atoms with Gasteiger partial charge in [0, 0.05) is 10.0 Å². The van der Waals surface area contributed by atoms with Gasteiger partial charge in [0.25, 0.3) is 0 Å². The van der Waals surface area contributed by atoms with E-state index >= 15 is 0 Å². The van der Waals surface area contributed by atoms with E-state index in [1.807, 2.05) is 0 Å². The van der Waals surface area contributed by atoms with E-state index in [4.69, 9.17) is 4.74 Å². The molecule has 5 heteroatoms. The van der Waals surface area contributed by atoms with Crippen LogP contribution in [-0.2, 0) is 15.1 Å². The first-order valence-corrected chi connectivity index (χ1v) is 6.75. The van der Waals surface area contributed by atoms with Gasteiger partial charge >= 0.3 is 0 Å². The number of hydrogen-bond acceptors (Lipinski definition) is 2. The van der Waals surface area contributed by atoms with E-state index in [-0.39, 0.29) is 24.2 Å². The molecule has 3 nitrogen and oxygen atoms in total. The molecule has 2 aliphatic rings. The Morgan fingerprint density at radius 1 is 1.44 bits per heavy atom. The Kier molecular flexibility index (Phi) is 2.90. The molecule has 3 rings (SSSR count). The number of hydrogen-bond donors (Lipinski definition) is 1. The second-order valence-corrected chi connectivity index (χ2v) is 5.83. The van der Waals surface area contributed by atoms with Gasteiger partial charge in [0.05, 0.1) is 12.1 Å². The Bertz CT molecular complexity index is 504. The molecule has 1 aliphatic heterocycles. The minimum atomic E-state index is -0.691. The van der Waals surface area contributed by atoms with Crippen LogP contribution < -0.4 is 5.32 Å². The Labute approximate surface area is 113 Å². The van der Waals surface area contributed by atoms with Crippen molar-refractivity contribution in [1.82, 2.24) is 5.32 Å². The summed E-state index contributed by atoms with van der Waals surface area (Å²) in [5.41, 5.74) is -0.171. The van der Waals surface area contributed by atoms with Gasteiger partial charge in [-0.1, -0.05) is 15.9 Å². The fraction of sp³-hybridized carbons (Fsp3) is 0.462. The highest BCUT2D eigenvalue weighted by atomic mass is 79.9. The molecule has 96 valence electrons. The van der Waals surface area contributed by atoms with Crippen molar-refractivity contribution in [3.05, 3.63) is 34.1 Å². The maximum atomic E-state index is 14.1. The van der Waals surface area contributed by atoms with Crippen LogP contribution in [0.1, 0.15) is 18.4 Å². The smallest absolute Gasteiger partial charge is 0.246 e. The molecular weight excluding hydrogens is 301 g/mol. The molecule has 1 atom stereocenters. The fourth-order valence-corrected chi connectivity index (χ4v) is 2.99. The van der Waals surface area contributed by atoms with Crippen molar-refractivity contribution in [2.24, 2.45) is 5.92 Å². The number of amides is 1. The van der Waals surface area contributed by atoms with Crippen LogP contribution in [0.25, 0.3) is 0 Å². The Hall–Kier alpha value is -0.940. The molecule has 1 saturated heterocycles. The lowest BCUT2D eigenvalue weighted by Gasteiger charge is -2.39. The van der Waals surface area contributed by atoms with E-state index in [9.17, 15) is 9.18 Å². The van der Waals surface area contributed by atoms with Crippen LogP contribution in [-0.4, -0.2) is 19.1 Å². The highest BCUT2D eigenvalue weighted by molar-refractivity contribution is 9.10. The molecule has 1 aromatic carbocycles. The van der Waals surface area contributed by atoms with Gasteiger partial charge in [0.15, 0.2) is 0 Å². The standard InChI is InChI=1S/C13H13BrFNO2/c14-9-3-4-11(15)10(5-9)13(8-1-2-8)7-18-6-12(17)16-13/h3-5,8H,1-2,6-7H2,(H,16,17)/t13-/m1/s1. The summed E-state index contributed by atoms with van der Waals surface area (Å²) in [6, 6.07) is 4.82.